The Hall–Kier alpha value is -2.01. The Balaban J connectivity index is 1.82. The summed E-state index contributed by atoms with van der Waals surface area (Å²) in [6.45, 7) is 2.04. The number of pyridine rings is 1. The lowest BCUT2D eigenvalue weighted by atomic mass is 9.98. The van der Waals surface area contributed by atoms with Crippen molar-refractivity contribution in [3.8, 4) is 0 Å². The van der Waals surface area contributed by atoms with Gasteiger partial charge in [-0.1, -0.05) is 12.5 Å². The van der Waals surface area contributed by atoms with Crippen LogP contribution in [0.2, 0.25) is 0 Å². The smallest absolute Gasteiger partial charge is 0.225 e. The van der Waals surface area contributed by atoms with Crippen LogP contribution in [0.1, 0.15) is 36.6 Å². The lowest BCUT2D eigenvalue weighted by Crippen LogP contribution is -2.33. The first-order chi connectivity index (χ1) is 10.7. The molecule has 22 heavy (non-hydrogen) atoms. The largest absolute Gasteiger partial charge is 0.347 e. The molecule has 1 aliphatic heterocycles. The maximum atomic E-state index is 4.75. The number of piperidine rings is 1. The minimum atomic E-state index is 0.371. The molecule has 3 heterocycles. The maximum absolute atomic E-state index is 4.75. The van der Waals surface area contributed by atoms with Crippen LogP contribution in [-0.4, -0.2) is 40.5 Å². The van der Waals surface area contributed by atoms with Gasteiger partial charge in [0.15, 0.2) is 0 Å². The van der Waals surface area contributed by atoms with E-state index >= 15 is 0 Å². The van der Waals surface area contributed by atoms with Gasteiger partial charge < -0.3 is 4.90 Å². The number of hydrogen-bond acceptors (Lipinski definition) is 5. The number of nitrogens with zero attached hydrogens (tertiary/aromatic N) is 5. The van der Waals surface area contributed by atoms with Crippen molar-refractivity contribution in [1.82, 2.24) is 19.9 Å². The van der Waals surface area contributed by atoms with E-state index in [1.54, 1.807) is 0 Å². The average molecular weight is 297 g/mol. The van der Waals surface area contributed by atoms with Gasteiger partial charge in [0.1, 0.15) is 0 Å². The van der Waals surface area contributed by atoms with E-state index < -0.39 is 0 Å². The molecule has 2 aromatic heterocycles. The van der Waals surface area contributed by atoms with Crippen molar-refractivity contribution >= 4 is 5.95 Å². The first-order valence-electron chi connectivity index (χ1n) is 7.87. The van der Waals surface area contributed by atoms with Crippen LogP contribution in [0, 0.1) is 0 Å². The molecule has 5 heteroatoms. The summed E-state index contributed by atoms with van der Waals surface area (Å²) >= 11 is 0. The van der Waals surface area contributed by atoms with Crippen LogP contribution >= 0.6 is 0 Å². The third kappa shape index (κ3) is 3.42. The van der Waals surface area contributed by atoms with Crippen molar-refractivity contribution < 1.29 is 0 Å². The van der Waals surface area contributed by atoms with Gasteiger partial charge in [-0.2, -0.15) is 0 Å². The molecule has 2 aromatic rings. The molecule has 0 spiro atoms. The summed E-state index contributed by atoms with van der Waals surface area (Å²) in [6.07, 6.45) is 9.32. The molecule has 0 unspecified atom stereocenters. The van der Waals surface area contributed by atoms with E-state index in [2.05, 4.69) is 27.0 Å². The SMILES string of the molecule is CN(C)c1nccc([C@@H]2CCCCN2Cc2cccnc2)n1. The molecule has 3 rings (SSSR count). The van der Waals surface area contributed by atoms with Crippen LogP contribution in [-0.2, 0) is 6.54 Å². The van der Waals surface area contributed by atoms with Gasteiger partial charge in [0, 0.05) is 39.2 Å². The predicted molar refractivity (Wildman–Crippen MR) is 87.6 cm³/mol. The van der Waals surface area contributed by atoms with E-state index in [-0.39, 0.29) is 0 Å². The summed E-state index contributed by atoms with van der Waals surface area (Å²) in [7, 11) is 3.96. The number of rotatable bonds is 4. The van der Waals surface area contributed by atoms with Crippen molar-refractivity contribution in [2.75, 3.05) is 25.5 Å². The highest BCUT2D eigenvalue weighted by Gasteiger charge is 2.25. The van der Waals surface area contributed by atoms with Gasteiger partial charge in [0.2, 0.25) is 5.95 Å². The zero-order valence-corrected chi connectivity index (χ0v) is 13.3. The van der Waals surface area contributed by atoms with Gasteiger partial charge in [-0.05, 0) is 37.1 Å². The lowest BCUT2D eigenvalue weighted by molar-refractivity contribution is 0.137. The first kappa shape index (κ1) is 14.9. The van der Waals surface area contributed by atoms with E-state index in [0.29, 0.717) is 6.04 Å². The molecule has 1 fully saturated rings. The molecule has 0 saturated carbocycles. The normalized spacial score (nSPS) is 19.1. The van der Waals surface area contributed by atoms with Crippen molar-refractivity contribution in [2.24, 2.45) is 0 Å². The number of anilines is 1. The topological polar surface area (TPSA) is 45.2 Å². The zero-order chi connectivity index (χ0) is 15.4. The van der Waals surface area contributed by atoms with Gasteiger partial charge in [-0.3, -0.25) is 9.88 Å². The van der Waals surface area contributed by atoms with Gasteiger partial charge >= 0.3 is 0 Å². The van der Waals surface area contributed by atoms with Crippen LogP contribution in [0.4, 0.5) is 5.95 Å². The Morgan fingerprint density at radius 2 is 2.14 bits per heavy atom. The maximum Gasteiger partial charge on any atom is 0.225 e. The number of aromatic nitrogens is 3. The minimum Gasteiger partial charge on any atom is -0.347 e. The molecule has 5 nitrogen and oxygen atoms in total. The molecular weight excluding hydrogens is 274 g/mol. The lowest BCUT2D eigenvalue weighted by Gasteiger charge is -2.35. The van der Waals surface area contributed by atoms with Gasteiger partial charge in [0.25, 0.3) is 0 Å². The summed E-state index contributed by atoms with van der Waals surface area (Å²) in [5, 5.41) is 0. The van der Waals surface area contributed by atoms with Crippen molar-refractivity contribution in [2.45, 2.75) is 31.8 Å². The molecule has 0 amide bonds. The summed E-state index contributed by atoms with van der Waals surface area (Å²) in [5.74, 6) is 0.782. The van der Waals surface area contributed by atoms with Crippen LogP contribution in [0.25, 0.3) is 0 Å². The average Bonchev–Trinajstić information content (AvgIpc) is 2.56. The Bertz CT molecular complexity index is 599. The fraction of sp³-hybridized carbons (Fsp3) is 0.471. The standard InChI is InChI=1S/C17H23N5/c1-21(2)17-19-10-8-15(20-17)16-7-3-4-11-22(16)13-14-6-5-9-18-12-14/h5-6,8-10,12,16H,3-4,7,11,13H2,1-2H3/t16-/m0/s1. The summed E-state index contributed by atoms with van der Waals surface area (Å²) < 4.78 is 0. The third-order valence-corrected chi connectivity index (χ3v) is 4.13. The van der Waals surface area contributed by atoms with Gasteiger partial charge in [-0.15, -0.1) is 0 Å². The number of likely N-dealkylation sites (tertiary alicyclic amines) is 1. The Morgan fingerprint density at radius 3 is 2.91 bits per heavy atom. The van der Waals surface area contributed by atoms with Crippen LogP contribution in [0.15, 0.2) is 36.8 Å². The van der Waals surface area contributed by atoms with Gasteiger partial charge in [-0.25, -0.2) is 9.97 Å². The molecule has 0 bridgehead atoms. The molecule has 0 aromatic carbocycles. The van der Waals surface area contributed by atoms with Crippen molar-refractivity contribution in [3.63, 3.8) is 0 Å². The second-order valence-electron chi connectivity index (χ2n) is 6.02. The second kappa shape index (κ2) is 6.83. The molecule has 0 radical (unpaired) electrons. The second-order valence-corrected chi connectivity index (χ2v) is 6.02. The van der Waals surface area contributed by atoms with Crippen LogP contribution < -0.4 is 4.90 Å². The molecule has 1 saturated heterocycles. The Labute approximate surface area is 132 Å². The molecule has 0 N–H and O–H groups in total. The molecular formula is C17H23N5. The monoisotopic (exact) mass is 297 g/mol. The predicted octanol–water partition coefficient (Wildman–Crippen LogP) is 2.66. The van der Waals surface area contributed by atoms with Crippen molar-refractivity contribution in [3.05, 3.63) is 48.0 Å². The summed E-state index contributed by atoms with van der Waals surface area (Å²) in [4.78, 5) is 17.8. The quantitative estimate of drug-likeness (QED) is 0.868. The Kier molecular flexibility index (Phi) is 4.63. The molecule has 116 valence electrons. The first-order valence-corrected chi connectivity index (χ1v) is 7.87. The van der Waals surface area contributed by atoms with Gasteiger partial charge in [0.05, 0.1) is 11.7 Å². The third-order valence-electron chi connectivity index (χ3n) is 4.13. The molecule has 1 aliphatic rings. The highest BCUT2D eigenvalue weighted by Crippen LogP contribution is 2.31. The van der Waals surface area contributed by atoms with E-state index in [4.69, 9.17) is 4.98 Å². The fourth-order valence-corrected chi connectivity index (χ4v) is 3.00. The minimum absolute atomic E-state index is 0.371. The van der Waals surface area contributed by atoms with E-state index in [1.165, 1.54) is 18.4 Å². The zero-order valence-electron chi connectivity index (χ0n) is 13.3. The summed E-state index contributed by atoms with van der Waals surface area (Å²) in [5.41, 5.74) is 2.39. The molecule has 0 aliphatic carbocycles. The highest BCUT2D eigenvalue weighted by molar-refractivity contribution is 5.28. The molecule has 1 atom stereocenters. The highest BCUT2D eigenvalue weighted by atomic mass is 15.2. The Morgan fingerprint density at radius 1 is 1.23 bits per heavy atom. The van der Waals surface area contributed by atoms with Crippen LogP contribution in [0.3, 0.4) is 0 Å². The fourth-order valence-electron chi connectivity index (χ4n) is 3.00. The van der Waals surface area contributed by atoms with E-state index in [0.717, 1.165) is 31.2 Å². The number of hydrogen-bond donors (Lipinski definition) is 0. The van der Waals surface area contributed by atoms with E-state index in [1.807, 2.05) is 43.7 Å². The van der Waals surface area contributed by atoms with Crippen LogP contribution in [0.5, 0.6) is 0 Å². The summed E-state index contributed by atoms with van der Waals surface area (Å²) in [6, 6.07) is 6.57. The van der Waals surface area contributed by atoms with E-state index in [9.17, 15) is 0 Å². The van der Waals surface area contributed by atoms with Crippen molar-refractivity contribution in [1.29, 1.82) is 0 Å².